The summed E-state index contributed by atoms with van der Waals surface area (Å²) in [5.41, 5.74) is 0.552. The van der Waals surface area contributed by atoms with Crippen molar-refractivity contribution in [3.8, 4) is 11.5 Å². The fraction of sp³-hybridized carbons (Fsp3) is 0.579. The fourth-order valence-electron chi connectivity index (χ4n) is 3.30. The first-order valence-corrected chi connectivity index (χ1v) is 9.45. The summed E-state index contributed by atoms with van der Waals surface area (Å²) in [5, 5.41) is 9.34. The number of ketones is 1. The number of carbonyl (C=O) groups excluding carboxylic acids is 2. The predicted molar refractivity (Wildman–Crippen MR) is 101 cm³/mol. The molecule has 1 aromatic carbocycles. The molecule has 2 aliphatic heterocycles. The largest absolute Gasteiger partial charge is 0.454 e. The van der Waals surface area contributed by atoms with Gasteiger partial charge in [-0.25, -0.2) is 0 Å². The van der Waals surface area contributed by atoms with E-state index >= 15 is 0 Å². The van der Waals surface area contributed by atoms with Gasteiger partial charge >= 0.3 is 0 Å². The maximum absolute atomic E-state index is 12.6. The molecule has 2 unspecified atom stereocenters. The van der Waals surface area contributed by atoms with Crippen molar-refractivity contribution in [3.63, 3.8) is 0 Å². The van der Waals surface area contributed by atoms with Crippen LogP contribution in [0.4, 0.5) is 0 Å². The molecule has 8 nitrogen and oxygen atoms in total. The highest BCUT2D eigenvalue weighted by atomic mass is 16.7. The van der Waals surface area contributed by atoms with Gasteiger partial charge in [-0.1, -0.05) is 0 Å². The lowest BCUT2D eigenvalue weighted by atomic mass is 10.0. The van der Waals surface area contributed by atoms with Crippen LogP contribution in [0.3, 0.4) is 0 Å². The summed E-state index contributed by atoms with van der Waals surface area (Å²) < 4.78 is 10.6. The molecule has 2 heterocycles. The minimum Gasteiger partial charge on any atom is -0.454 e. The molecular weight excluding hydrogens is 348 g/mol. The lowest BCUT2D eigenvalue weighted by Crippen LogP contribution is -2.50. The zero-order valence-corrected chi connectivity index (χ0v) is 15.9. The molecule has 0 spiro atoms. The third kappa shape index (κ3) is 5.41. The molecule has 0 aromatic heterocycles. The second-order valence-corrected chi connectivity index (χ2v) is 6.95. The molecule has 0 radical (unpaired) electrons. The second-order valence-electron chi connectivity index (χ2n) is 6.95. The van der Waals surface area contributed by atoms with Crippen LogP contribution in [0, 0.1) is 0 Å². The number of carbonyl (C=O) groups is 2. The Morgan fingerprint density at radius 2 is 1.93 bits per heavy atom. The SMILES string of the molecule is CC(NC(=O)CCN1CCNCC1)NC(C)C(=O)c1ccc2c(c1)OCO2. The fourth-order valence-corrected chi connectivity index (χ4v) is 3.30. The number of amides is 1. The van der Waals surface area contributed by atoms with Crippen LogP contribution in [-0.2, 0) is 4.79 Å². The number of hydrogen-bond acceptors (Lipinski definition) is 7. The number of nitrogens with zero attached hydrogens (tertiary/aromatic N) is 1. The highest BCUT2D eigenvalue weighted by Gasteiger charge is 2.21. The van der Waals surface area contributed by atoms with Gasteiger partial charge in [0.1, 0.15) is 0 Å². The number of fused-ring (bicyclic) bond motifs is 1. The highest BCUT2D eigenvalue weighted by molar-refractivity contribution is 6.00. The van der Waals surface area contributed by atoms with Gasteiger partial charge < -0.3 is 25.0 Å². The molecule has 1 aromatic rings. The summed E-state index contributed by atoms with van der Waals surface area (Å²) in [6.45, 7) is 8.45. The summed E-state index contributed by atoms with van der Waals surface area (Å²) >= 11 is 0. The first-order valence-electron chi connectivity index (χ1n) is 9.45. The predicted octanol–water partition coefficient (Wildman–Crippen LogP) is 0.334. The Morgan fingerprint density at radius 1 is 1.19 bits per heavy atom. The van der Waals surface area contributed by atoms with Crippen molar-refractivity contribution in [2.45, 2.75) is 32.5 Å². The first-order chi connectivity index (χ1) is 13.0. The average molecular weight is 376 g/mol. The van der Waals surface area contributed by atoms with E-state index in [1.54, 1.807) is 25.1 Å². The number of nitrogens with one attached hydrogen (secondary N) is 3. The highest BCUT2D eigenvalue weighted by Crippen LogP contribution is 2.32. The molecule has 0 bridgehead atoms. The number of Topliss-reactive ketones (excluding diaryl/α,β-unsaturated/α-hetero) is 1. The van der Waals surface area contributed by atoms with E-state index in [0.717, 1.165) is 32.7 Å². The van der Waals surface area contributed by atoms with Gasteiger partial charge in [0.15, 0.2) is 17.3 Å². The van der Waals surface area contributed by atoms with Crippen LogP contribution in [-0.4, -0.2) is 68.3 Å². The molecule has 2 aliphatic rings. The van der Waals surface area contributed by atoms with E-state index in [1.807, 2.05) is 6.92 Å². The quantitative estimate of drug-likeness (QED) is 0.445. The van der Waals surface area contributed by atoms with Gasteiger partial charge in [0.2, 0.25) is 12.7 Å². The van der Waals surface area contributed by atoms with Gasteiger partial charge in [-0.2, -0.15) is 0 Å². The van der Waals surface area contributed by atoms with E-state index in [1.165, 1.54) is 0 Å². The molecule has 2 atom stereocenters. The van der Waals surface area contributed by atoms with E-state index in [2.05, 4.69) is 20.9 Å². The maximum Gasteiger partial charge on any atom is 0.231 e. The number of ether oxygens (including phenoxy) is 2. The molecule has 0 saturated carbocycles. The Hall–Kier alpha value is -2.16. The molecule has 3 N–H and O–H groups in total. The number of rotatable bonds is 8. The molecule has 8 heteroatoms. The molecule has 1 amide bonds. The van der Waals surface area contributed by atoms with Crippen LogP contribution in [0.5, 0.6) is 11.5 Å². The van der Waals surface area contributed by atoms with Crippen LogP contribution in [0.25, 0.3) is 0 Å². The van der Waals surface area contributed by atoms with Crippen molar-refractivity contribution in [3.05, 3.63) is 23.8 Å². The molecule has 1 saturated heterocycles. The van der Waals surface area contributed by atoms with Gasteiger partial charge in [-0.05, 0) is 32.0 Å². The van der Waals surface area contributed by atoms with Crippen molar-refractivity contribution in [1.29, 1.82) is 0 Å². The minimum absolute atomic E-state index is 0.0174. The van der Waals surface area contributed by atoms with Gasteiger partial charge in [-0.15, -0.1) is 0 Å². The number of benzene rings is 1. The monoisotopic (exact) mass is 376 g/mol. The van der Waals surface area contributed by atoms with Crippen molar-refractivity contribution in [2.75, 3.05) is 39.5 Å². The summed E-state index contributed by atoms with van der Waals surface area (Å²) in [7, 11) is 0. The summed E-state index contributed by atoms with van der Waals surface area (Å²) in [5.74, 6) is 1.16. The molecule has 0 aliphatic carbocycles. The average Bonchev–Trinajstić information content (AvgIpc) is 3.14. The third-order valence-electron chi connectivity index (χ3n) is 4.79. The van der Waals surface area contributed by atoms with Gasteiger partial charge in [0.05, 0.1) is 12.2 Å². The van der Waals surface area contributed by atoms with Crippen LogP contribution < -0.4 is 25.4 Å². The lowest BCUT2D eigenvalue weighted by Gasteiger charge is -2.27. The van der Waals surface area contributed by atoms with E-state index in [4.69, 9.17) is 9.47 Å². The van der Waals surface area contributed by atoms with Gasteiger partial charge in [0.25, 0.3) is 0 Å². The number of hydrogen-bond donors (Lipinski definition) is 3. The zero-order chi connectivity index (χ0) is 19.2. The second kappa shape index (κ2) is 9.16. The smallest absolute Gasteiger partial charge is 0.231 e. The first kappa shape index (κ1) is 19.6. The van der Waals surface area contributed by atoms with Crippen LogP contribution in [0.2, 0.25) is 0 Å². The van der Waals surface area contributed by atoms with Crippen molar-refractivity contribution < 1.29 is 19.1 Å². The molecule has 3 rings (SSSR count). The van der Waals surface area contributed by atoms with E-state index < -0.39 is 6.04 Å². The lowest BCUT2D eigenvalue weighted by molar-refractivity contribution is -0.122. The molecule has 148 valence electrons. The third-order valence-corrected chi connectivity index (χ3v) is 4.79. The standard InChI is InChI=1S/C19H28N4O4/c1-13(19(25)15-3-4-16-17(11-15)27-12-26-16)21-14(2)22-18(24)5-8-23-9-6-20-7-10-23/h3-4,11,13-14,20-21H,5-10,12H2,1-2H3,(H,22,24). The van der Waals surface area contributed by atoms with E-state index in [-0.39, 0.29) is 24.6 Å². The number of piperazine rings is 1. The van der Waals surface area contributed by atoms with Crippen LogP contribution >= 0.6 is 0 Å². The van der Waals surface area contributed by atoms with E-state index in [9.17, 15) is 9.59 Å². The zero-order valence-electron chi connectivity index (χ0n) is 15.9. The topological polar surface area (TPSA) is 91.9 Å². The van der Waals surface area contributed by atoms with Gasteiger partial charge in [-0.3, -0.25) is 14.9 Å². The minimum atomic E-state index is -0.436. The van der Waals surface area contributed by atoms with E-state index in [0.29, 0.717) is 23.5 Å². The Bertz CT molecular complexity index is 676. The van der Waals surface area contributed by atoms with Crippen molar-refractivity contribution >= 4 is 11.7 Å². The Kier molecular flexibility index (Phi) is 6.65. The Balaban J connectivity index is 1.43. The molecular formula is C19H28N4O4. The Morgan fingerprint density at radius 3 is 2.70 bits per heavy atom. The maximum atomic E-state index is 12.6. The van der Waals surface area contributed by atoms with Crippen LogP contribution in [0.1, 0.15) is 30.6 Å². The van der Waals surface area contributed by atoms with Crippen LogP contribution in [0.15, 0.2) is 18.2 Å². The summed E-state index contributed by atoms with van der Waals surface area (Å²) in [4.78, 5) is 27.0. The summed E-state index contributed by atoms with van der Waals surface area (Å²) in [6.07, 6.45) is 0.157. The van der Waals surface area contributed by atoms with Crippen molar-refractivity contribution in [2.24, 2.45) is 0 Å². The Labute approximate surface area is 159 Å². The van der Waals surface area contributed by atoms with Gasteiger partial charge in [0, 0.05) is 44.7 Å². The normalized spacial score (nSPS) is 18.7. The van der Waals surface area contributed by atoms with Crippen molar-refractivity contribution in [1.82, 2.24) is 20.9 Å². The molecule has 1 fully saturated rings. The molecule has 27 heavy (non-hydrogen) atoms. The summed E-state index contributed by atoms with van der Waals surface area (Å²) in [6, 6.07) is 4.72.